The van der Waals surface area contributed by atoms with E-state index in [-0.39, 0.29) is 25.2 Å². The molecule has 20 heavy (non-hydrogen) atoms. The van der Waals surface area contributed by atoms with Crippen LogP contribution < -0.4 is 5.32 Å². The Balaban J connectivity index is 4.13. The Labute approximate surface area is 120 Å². The zero-order valence-corrected chi connectivity index (χ0v) is 13.7. The van der Waals surface area contributed by atoms with E-state index in [0.29, 0.717) is 6.54 Å². The van der Waals surface area contributed by atoms with E-state index < -0.39 is 19.2 Å². The number of rotatable bonds is 8. The molecule has 0 rings (SSSR count). The van der Waals surface area contributed by atoms with Crippen molar-refractivity contribution < 1.29 is 28.4 Å². The number of hydrogen-bond donors (Lipinski definition) is 3. The van der Waals surface area contributed by atoms with Gasteiger partial charge in [-0.15, -0.1) is 0 Å². The lowest BCUT2D eigenvalue weighted by molar-refractivity contribution is -0.135. The predicted molar refractivity (Wildman–Crippen MR) is 75.1 cm³/mol. The van der Waals surface area contributed by atoms with Crippen molar-refractivity contribution in [3.8, 4) is 0 Å². The molecule has 0 bridgehead atoms. The fourth-order valence-corrected chi connectivity index (χ4v) is 1.92. The lowest BCUT2D eigenvalue weighted by Crippen LogP contribution is -2.32. The van der Waals surface area contributed by atoms with Crippen LogP contribution in [-0.4, -0.2) is 42.3 Å². The number of aliphatic hydroxyl groups is 1. The SMILES string of the molecule is CC(C)(C)CNCC(=O)OP(=O)(O)OCC(C)(C)CO. The molecule has 7 nitrogen and oxygen atoms in total. The Morgan fingerprint density at radius 3 is 2.25 bits per heavy atom. The van der Waals surface area contributed by atoms with Gasteiger partial charge in [0, 0.05) is 12.0 Å². The molecule has 0 aromatic heterocycles. The third-order valence-electron chi connectivity index (χ3n) is 2.19. The van der Waals surface area contributed by atoms with Crippen molar-refractivity contribution in [2.45, 2.75) is 34.6 Å². The number of phosphoric acid groups is 1. The maximum atomic E-state index is 11.5. The van der Waals surface area contributed by atoms with Crippen LogP contribution in [0.15, 0.2) is 0 Å². The van der Waals surface area contributed by atoms with Crippen molar-refractivity contribution in [2.75, 3.05) is 26.3 Å². The van der Waals surface area contributed by atoms with Crippen LogP contribution >= 0.6 is 7.82 Å². The summed E-state index contributed by atoms with van der Waals surface area (Å²) in [6.45, 7) is 9.26. The maximum absolute atomic E-state index is 11.5. The molecular weight excluding hydrogens is 285 g/mol. The minimum atomic E-state index is -4.44. The highest BCUT2D eigenvalue weighted by molar-refractivity contribution is 7.48. The van der Waals surface area contributed by atoms with E-state index in [1.807, 2.05) is 20.8 Å². The second-order valence-electron chi connectivity index (χ2n) is 6.69. The van der Waals surface area contributed by atoms with Crippen LogP contribution in [0.3, 0.4) is 0 Å². The van der Waals surface area contributed by atoms with Crippen LogP contribution in [0.2, 0.25) is 0 Å². The van der Waals surface area contributed by atoms with E-state index in [1.54, 1.807) is 13.8 Å². The van der Waals surface area contributed by atoms with Gasteiger partial charge in [-0.3, -0.25) is 14.2 Å². The Morgan fingerprint density at radius 2 is 1.80 bits per heavy atom. The van der Waals surface area contributed by atoms with Crippen LogP contribution in [0.5, 0.6) is 0 Å². The first-order valence-electron chi connectivity index (χ1n) is 6.38. The van der Waals surface area contributed by atoms with Crippen LogP contribution in [0.4, 0.5) is 0 Å². The predicted octanol–water partition coefficient (Wildman–Crippen LogP) is 1.30. The average molecular weight is 311 g/mol. The smallest absolute Gasteiger partial charge is 0.396 e. The van der Waals surface area contributed by atoms with Gasteiger partial charge in [-0.05, 0) is 5.41 Å². The summed E-state index contributed by atoms with van der Waals surface area (Å²) >= 11 is 0. The van der Waals surface area contributed by atoms with Gasteiger partial charge in [-0.25, -0.2) is 4.57 Å². The highest BCUT2D eigenvalue weighted by atomic mass is 31.2. The maximum Gasteiger partial charge on any atom is 0.529 e. The van der Waals surface area contributed by atoms with Crippen molar-refractivity contribution >= 4 is 13.8 Å². The number of nitrogens with one attached hydrogen (secondary N) is 1. The van der Waals surface area contributed by atoms with Gasteiger partial charge in [0.05, 0.1) is 19.8 Å². The Hall–Kier alpha value is -0.460. The molecule has 8 heteroatoms. The monoisotopic (exact) mass is 311 g/mol. The Morgan fingerprint density at radius 1 is 1.25 bits per heavy atom. The number of hydrogen-bond acceptors (Lipinski definition) is 6. The zero-order valence-electron chi connectivity index (χ0n) is 12.8. The molecule has 1 atom stereocenters. The zero-order chi connectivity index (χ0) is 16.0. The third-order valence-corrected chi connectivity index (χ3v) is 3.08. The lowest BCUT2D eigenvalue weighted by atomic mass is 9.97. The fourth-order valence-electron chi connectivity index (χ4n) is 1.03. The summed E-state index contributed by atoms with van der Waals surface area (Å²) in [5.74, 6) is -0.859. The van der Waals surface area contributed by atoms with Crippen molar-refractivity contribution in [3.63, 3.8) is 0 Å². The van der Waals surface area contributed by atoms with Crippen LogP contribution in [0, 0.1) is 10.8 Å². The topological polar surface area (TPSA) is 105 Å². The molecule has 0 amide bonds. The molecule has 0 aromatic carbocycles. The summed E-state index contributed by atoms with van der Waals surface area (Å²) in [6, 6.07) is 0. The molecule has 0 heterocycles. The number of carbonyl (C=O) groups is 1. The van der Waals surface area contributed by atoms with Gasteiger partial charge in [-0.1, -0.05) is 34.6 Å². The van der Waals surface area contributed by atoms with Gasteiger partial charge in [-0.2, -0.15) is 0 Å². The van der Waals surface area contributed by atoms with Crippen molar-refractivity contribution in [1.82, 2.24) is 5.32 Å². The van der Waals surface area contributed by atoms with Gasteiger partial charge in [0.2, 0.25) is 0 Å². The third kappa shape index (κ3) is 10.3. The van der Waals surface area contributed by atoms with E-state index in [1.165, 1.54) is 0 Å². The fraction of sp³-hybridized carbons (Fsp3) is 0.917. The lowest BCUT2D eigenvalue weighted by Gasteiger charge is -2.22. The molecule has 1 unspecified atom stereocenters. The summed E-state index contributed by atoms with van der Waals surface area (Å²) in [4.78, 5) is 20.8. The average Bonchev–Trinajstić information content (AvgIpc) is 2.24. The van der Waals surface area contributed by atoms with Gasteiger partial charge < -0.3 is 14.9 Å². The van der Waals surface area contributed by atoms with Crippen LogP contribution in [0.1, 0.15) is 34.6 Å². The molecule has 0 saturated carbocycles. The first kappa shape index (κ1) is 19.5. The highest BCUT2D eigenvalue weighted by Crippen LogP contribution is 2.44. The molecule has 0 aliphatic rings. The normalized spacial score (nSPS) is 15.8. The minimum absolute atomic E-state index is 0.00909. The van der Waals surface area contributed by atoms with Crippen LogP contribution in [0.25, 0.3) is 0 Å². The van der Waals surface area contributed by atoms with E-state index in [9.17, 15) is 14.3 Å². The Bertz CT molecular complexity index is 363. The van der Waals surface area contributed by atoms with Crippen molar-refractivity contribution in [2.24, 2.45) is 10.8 Å². The second-order valence-corrected chi connectivity index (χ2v) is 8.07. The standard InChI is InChI=1S/C12H26NO6P/c1-11(2,3)7-13-6-10(15)19-20(16,17)18-9-12(4,5)8-14/h13-14H,6-9H2,1-5H3,(H,16,17). The van der Waals surface area contributed by atoms with E-state index in [2.05, 4.69) is 14.4 Å². The summed E-state index contributed by atoms with van der Waals surface area (Å²) < 4.78 is 20.6. The van der Waals surface area contributed by atoms with Gasteiger partial charge >= 0.3 is 13.8 Å². The first-order valence-corrected chi connectivity index (χ1v) is 7.88. The molecule has 0 fully saturated rings. The number of phosphoric ester groups is 1. The van der Waals surface area contributed by atoms with Gasteiger partial charge in [0.15, 0.2) is 0 Å². The van der Waals surface area contributed by atoms with Gasteiger partial charge in [0.25, 0.3) is 0 Å². The molecule has 0 radical (unpaired) electrons. The molecule has 3 N–H and O–H groups in total. The second kappa shape index (κ2) is 7.52. The summed E-state index contributed by atoms with van der Waals surface area (Å²) in [5, 5.41) is 11.8. The minimum Gasteiger partial charge on any atom is -0.396 e. The summed E-state index contributed by atoms with van der Waals surface area (Å²) in [6.07, 6.45) is 0. The molecule has 0 aromatic rings. The molecule has 0 spiro atoms. The van der Waals surface area contributed by atoms with E-state index in [0.717, 1.165) is 0 Å². The number of aliphatic hydroxyl groups excluding tert-OH is 1. The first-order chi connectivity index (χ1) is 8.87. The van der Waals surface area contributed by atoms with Crippen molar-refractivity contribution in [1.29, 1.82) is 0 Å². The molecule has 0 aliphatic heterocycles. The summed E-state index contributed by atoms with van der Waals surface area (Å²) in [7, 11) is -4.44. The summed E-state index contributed by atoms with van der Waals surface area (Å²) in [5.41, 5.74) is -0.694. The quantitative estimate of drug-likeness (QED) is 0.580. The molecule has 0 saturated heterocycles. The Kier molecular flexibility index (Phi) is 7.35. The van der Waals surface area contributed by atoms with E-state index >= 15 is 0 Å². The van der Waals surface area contributed by atoms with Crippen LogP contribution in [-0.2, 0) is 18.4 Å². The molecule has 0 aliphatic carbocycles. The van der Waals surface area contributed by atoms with E-state index in [4.69, 9.17) is 5.11 Å². The highest BCUT2D eigenvalue weighted by Gasteiger charge is 2.30. The molecule has 120 valence electrons. The molecular formula is C12H26NO6P. The number of carbonyl (C=O) groups excluding carboxylic acids is 1. The van der Waals surface area contributed by atoms with Crippen molar-refractivity contribution in [3.05, 3.63) is 0 Å². The largest absolute Gasteiger partial charge is 0.529 e. The van der Waals surface area contributed by atoms with Gasteiger partial charge in [0.1, 0.15) is 0 Å².